The molecule has 0 saturated carbocycles. The Labute approximate surface area is 106 Å². The highest BCUT2D eigenvalue weighted by Crippen LogP contribution is 2.30. The van der Waals surface area contributed by atoms with Crippen molar-refractivity contribution in [3.63, 3.8) is 0 Å². The highest BCUT2D eigenvalue weighted by Gasteiger charge is 2.41. The van der Waals surface area contributed by atoms with Gasteiger partial charge in [0.15, 0.2) is 0 Å². The minimum atomic E-state index is 0.171. The third-order valence-electron chi connectivity index (χ3n) is 2.98. The van der Waals surface area contributed by atoms with E-state index in [4.69, 9.17) is 4.74 Å². The van der Waals surface area contributed by atoms with Crippen molar-refractivity contribution in [2.75, 3.05) is 13.2 Å². The first-order valence-corrected chi connectivity index (χ1v) is 6.86. The number of thiophene rings is 1. The van der Waals surface area contributed by atoms with Crippen LogP contribution in [-0.2, 0) is 4.74 Å². The molecule has 3 rings (SSSR count). The molecule has 80 valence electrons. The topological polar surface area (TPSA) is 29.5 Å². The smallest absolute Gasteiger partial charge is 0.255 e. The molecule has 3 nitrogen and oxygen atoms in total. The van der Waals surface area contributed by atoms with Gasteiger partial charge in [-0.15, -0.1) is 11.3 Å². The van der Waals surface area contributed by atoms with Crippen molar-refractivity contribution in [1.29, 1.82) is 0 Å². The Balaban J connectivity index is 1.81. The number of amides is 1. The molecule has 2 aliphatic heterocycles. The number of halogens is 1. The number of rotatable bonds is 1. The monoisotopic (exact) mass is 335 g/mol. The second-order valence-electron chi connectivity index (χ2n) is 3.94. The van der Waals surface area contributed by atoms with Crippen LogP contribution in [0.1, 0.15) is 16.8 Å². The summed E-state index contributed by atoms with van der Waals surface area (Å²) in [5, 5.41) is 1.94. The van der Waals surface area contributed by atoms with Gasteiger partial charge < -0.3 is 9.64 Å². The fourth-order valence-corrected chi connectivity index (χ4v) is 3.56. The van der Waals surface area contributed by atoms with Crippen molar-refractivity contribution in [1.82, 2.24) is 4.90 Å². The van der Waals surface area contributed by atoms with E-state index in [2.05, 4.69) is 22.6 Å². The van der Waals surface area contributed by atoms with Gasteiger partial charge in [-0.2, -0.15) is 0 Å². The summed E-state index contributed by atoms with van der Waals surface area (Å²) in [6.45, 7) is 1.49. The molecule has 15 heavy (non-hydrogen) atoms. The summed E-state index contributed by atoms with van der Waals surface area (Å²) in [5.74, 6) is 0.171. The summed E-state index contributed by atoms with van der Waals surface area (Å²) < 4.78 is 6.64. The van der Waals surface area contributed by atoms with Crippen molar-refractivity contribution in [3.05, 3.63) is 19.9 Å². The summed E-state index contributed by atoms with van der Waals surface area (Å²) >= 11 is 3.86. The molecule has 2 saturated heterocycles. The second-order valence-corrected chi connectivity index (χ2v) is 6.75. The molecule has 1 amide bonds. The molecule has 0 aliphatic carbocycles. The molecule has 1 aromatic rings. The van der Waals surface area contributed by atoms with Gasteiger partial charge >= 0.3 is 0 Å². The molecule has 2 aliphatic rings. The maximum absolute atomic E-state index is 12.1. The van der Waals surface area contributed by atoms with Crippen molar-refractivity contribution in [3.8, 4) is 0 Å². The number of ether oxygens (including phenoxy) is 1. The standard InChI is InChI=1S/C10H10INO2S/c11-9-1-6(5-15-9)10(13)12-3-8-2-7(12)4-14-8/h1,5,7-8H,2-4H2. The summed E-state index contributed by atoms with van der Waals surface area (Å²) in [4.78, 5) is 14.1. The molecular formula is C10H10INO2S. The van der Waals surface area contributed by atoms with E-state index in [9.17, 15) is 4.79 Å². The van der Waals surface area contributed by atoms with E-state index < -0.39 is 0 Å². The molecule has 3 heterocycles. The lowest BCUT2D eigenvalue weighted by Crippen LogP contribution is -2.41. The maximum atomic E-state index is 12.1. The fraction of sp³-hybridized carbons (Fsp3) is 0.500. The van der Waals surface area contributed by atoms with Crippen molar-refractivity contribution < 1.29 is 9.53 Å². The number of morpholine rings is 1. The molecule has 5 heteroatoms. The molecule has 0 spiro atoms. The van der Waals surface area contributed by atoms with E-state index in [0.29, 0.717) is 6.04 Å². The van der Waals surface area contributed by atoms with Crippen molar-refractivity contribution >= 4 is 39.8 Å². The summed E-state index contributed by atoms with van der Waals surface area (Å²) in [6.07, 6.45) is 1.31. The largest absolute Gasteiger partial charge is 0.374 e. The van der Waals surface area contributed by atoms with Gasteiger partial charge in [0, 0.05) is 11.9 Å². The second kappa shape index (κ2) is 3.71. The van der Waals surface area contributed by atoms with E-state index in [0.717, 1.165) is 28.0 Å². The molecule has 0 radical (unpaired) electrons. The normalized spacial score (nSPS) is 28.7. The van der Waals surface area contributed by atoms with Crippen molar-refractivity contribution in [2.45, 2.75) is 18.6 Å². The Morgan fingerprint density at radius 2 is 2.53 bits per heavy atom. The Morgan fingerprint density at radius 1 is 1.67 bits per heavy atom. The van der Waals surface area contributed by atoms with E-state index in [1.807, 2.05) is 16.3 Å². The minimum absolute atomic E-state index is 0.171. The first kappa shape index (κ1) is 10.0. The van der Waals surface area contributed by atoms with Gasteiger partial charge in [0.05, 0.1) is 27.2 Å². The first-order chi connectivity index (χ1) is 7.24. The Morgan fingerprint density at radius 3 is 3.07 bits per heavy atom. The van der Waals surface area contributed by atoms with Crippen LogP contribution in [0.3, 0.4) is 0 Å². The molecule has 2 atom stereocenters. The number of carbonyl (C=O) groups is 1. The average molecular weight is 335 g/mol. The zero-order chi connectivity index (χ0) is 10.4. The van der Waals surface area contributed by atoms with Crippen LogP contribution in [0, 0.1) is 2.88 Å². The molecule has 2 bridgehead atoms. The summed E-state index contributed by atoms with van der Waals surface area (Å²) in [5.41, 5.74) is 0.831. The minimum Gasteiger partial charge on any atom is -0.374 e. The Hall–Kier alpha value is -0.140. The predicted octanol–water partition coefficient (Wildman–Crippen LogP) is 1.97. The van der Waals surface area contributed by atoms with Gasteiger partial charge in [0.1, 0.15) is 0 Å². The SMILES string of the molecule is O=C(c1csc(I)c1)N1CC2CC1CO2. The van der Waals surface area contributed by atoms with Crippen LogP contribution in [0.2, 0.25) is 0 Å². The zero-order valence-corrected chi connectivity index (χ0v) is 11.0. The summed E-state index contributed by atoms with van der Waals surface area (Å²) in [7, 11) is 0. The lowest BCUT2D eigenvalue weighted by molar-refractivity contribution is 0.0259. The van der Waals surface area contributed by atoms with Gasteiger partial charge in [-0.1, -0.05) is 0 Å². The van der Waals surface area contributed by atoms with Crippen LogP contribution in [0.15, 0.2) is 11.4 Å². The van der Waals surface area contributed by atoms with E-state index in [-0.39, 0.29) is 12.0 Å². The quantitative estimate of drug-likeness (QED) is 0.735. The Kier molecular flexibility index (Phi) is 2.48. The molecule has 1 aromatic heterocycles. The number of carbonyl (C=O) groups excluding carboxylic acids is 1. The van der Waals surface area contributed by atoms with Crippen LogP contribution in [0.25, 0.3) is 0 Å². The molecular weight excluding hydrogens is 325 g/mol. The van der Waals surface area contributed by atoms with Gasteiger partial charge in [-0.05, 0) is 35.1 Å². The van der Waals surface area contributed by atoms with Crippen LogP contribution < -0.4 is 0 Å². The predicted molar refractivity (Wildman–Crippen MR) is 66.2 cm³/mol. The number of likely N-dealkylation sites (tertiary alicyclic amines) is 1. The van der Waals surface area contributed by atoms with E-state index in [1.165, 1.54) is 0 Å². The maximum Gasteiger partial charge on any atom is 0.255 e. The van der Waals surface area contributed by atoms with Gasteiger partial charge in [-0.3, -0.25) is 4.79 Å². The van der Waals surface area contributed by atoms with E-state index >= 15 is 0 Å². The van der Waals surface area contributed by atoms with Crippen LogP contribution >= 0.6 is 33.9 Å². The molecule has 0 aromatic carbocycles. The van der Waals surface area contributed by atoms with Crippen LogP contribution in [0.5, 0.6) is 0 Å². The number of hydrogen-bond donors (Lipinski definition) is 0. The lowest BCUT2D eigenvalue weighted by Gasteiger charge is -2.26. The summed E-state index contributed by atoms with van der Waals surface area (Å²) in [6, 6.07) is 2.28. The third kappa shape index (κ3) is 1.70. The number of fused-ring (bicyclic) bond motifs is 2. The third-order valence-corrected chi connectivity index (χ3v) is 4.76. The van der Waals surface area contributed by atoms with Crippen LogP contribution in [0.4, 0.5) is 0 Å². The fourth-order valence-electron chi connectivity index (χ4n) is 2.24. The van der Waals surface area contributed by atoms with Gasteiger partial charge in [0.2, 0.25) is 0 Å². The van der Waals surface area contributed by atoms with E-state index in [1.54, 1.807) is 11.3 Å². The highest BCUT2D eigenvalue weighted by molar-refractivity contribution is 14.1. The lowest BCUT2D eigenvalue weighted by atomic mass is 10.2. The number of nitrogens with zero attached hydrogens (tertiary/aromatic N) is 1. The molecule has 2 fully saturated rings. The molecule has 2 unspecified atom stereocenters. The van der Waals surface area contributed by atoms with Gasteiger partial charge in [-0.25, -0.2) is 0 Å². The Bertz CT molecular complexity index is 406. The zero-order valence-electron chi connectivity index (χ0n) is 7.98. The van der Waals surface area contributed by atoms with Crippen molar-refractivity contribution in [2.24, 2.45) is 0 Å². The highest BCUT2D eigenvalue weighted by atomic mass is 127. The number of hydrogen-bond acceptors (Lipinski definition) is 3. The first-order valence-electron chi connectivity index (χ1n) is 4.90. The molecule has 0 N–H and O–H groups in total. The van der Waals surface area contributed by atoms with Crippen LogP contribution in [-0.4, -0.2) is 36.1 Å². The average Bonchev–Trinajstić information content (AvgIpc) is 2.90. The van der Waals surface area contributed by atoms with Gasteiger partial charge in [0.25, 0.3) is 5.91 Å².